The van der Waals surface area contributed by atoms with Crippen LogP contribution in [0.15, 0.2) is 199 Å². The van der Waals surface area contributed by atoms with Gasteiger partial charge in [0.25, 0.3) is 0 Å². The molecule has 2 heterocycles. The van der Waals surface area contributed by atoms with E-state index in [-0.39, 0.29) is 0 Å². The van der Waals surface area contributed by atoms with Crippen LogP contribution in [0.2, 0.25) is 0 Å². The van der Waals surface area contributed by atoms with Crippen molar-refractivity contribution in [1.82, 2.24) is 4.98 Å². The highest BCUT2D eigenvalue weighted by molar-refractivity contribution is 5.84. The Labute approximate surface area is 337 Å². The number of hydrogen-bond acceptors (Lipinski definition) is 3. The molecular weight excluding hydrogens is 693 g/mol. The van der Waals surface area contributed by atoms with Gasteiger partial charge in [-0.1, -0.05) is 148 Å². The van der Waals surface area contributed by atoms with Gasteiger partial charge in [0.2, 0.25) is 0 Å². The monoisotopic (exact) mass is 742 g/mol. The number of aromatic nitrogens is 1. The topological polar surface area (TPSA) is 29.3 Å². The summed E-state index contributed by atoms with van der Waals surface area (Å²) in [4.78, 5) is 6.90. The lowest BCUT2D eigenvalue weighted by molar-refractivity contribution is 0.596. The number of anilines is 1. The van der Waals surface area contributed by atoms with Gasteiger partial charge >= 0.3 is 0 Å². The molecule has 0 spiro atoms. The fraction of sp³-hybridized carbons (Fsp3) is 0.167. The number of furan rings is 1. The molecule has 2 atom stereocenters. The van der Waals surface area contributed by atoms with E-state index in [2.05, 4.69) is 165 Å². The van der Waals surface area contributed by atoms with E-state index in [4.69, 9.17) is 4.42 Å². The van der Waals surface area contributed by atoms with E-state index >= 15 is 0 Å². The Balaban J connectivity index is 0.983. The van der Waals surface area contributed by atoms with E-state index in [0.29, 0.717) is 11.8 Å². The maximum absolute atomic E-state index is 6.06. The SMILES string of the molecule is C=C(CCC(=C)c1cc2ccccc2o1)C(=C)CCC(=C)N(C1=CCC(c2ccc3c(c2)C(C)C/C=C/C=C\3)C=C1)c1ccc(-c2ccc3cccnc3c2)cc1. The molecule has 0 aliphatic heterocycles. The molecule has 57 heavy (non-hydrogen) atoms. The third-order valence-electron chi connectivity index (χ3n) is 11.5. The number of benzene rings is 4. The summed E-state index contributed by atoms with van der Waals surface area (Å²) < 4.78 is 6.06. The molecule has 8 rings (SSSR count). The summed E-state index contributed by atoms with van der Waals surface area (Å²) in [5.41, 5.74) is 14.6. The summed E-state index contributed by atoms with van der Waals surface area (Å²) in [6, 6.07) is 36.5. The van der Waals surface area contributed by atoms with E-state index in [9.17, 15) is 0 Å². The van der Waals surface area contributed by atoms with Crippen molar-refractivity contribution in [2.24, 2.45) is 0 Å². The Bertz CT molecular complexity index is 2590. The fourth-order valence-electron chi connectivity index (χ4n) is 7.98. The zero-order valence-electron chi connectivity index (χ0n) is 33.0. The van der Waals surface area contributed by atoms with Crippen LogP contribution in [0, 0.1) is 0 Å². The number of para-hydroxylation sites is 1. The number of pyridine rings is 1. The molecule has 0 saturated heterocycles. The predicted molar refractivity (Wildman–Crippen MR) is 243 cm³/mol. The minimum Gasteiger partial charge on any atom is -0.456 e. The van der Waals surface area contributed by atoms with Crippen LogP contribution in [0.3, 0.4) is 0 Å². The van der Waals surface area contributed by atoms with Crippen LogP contribution >= 0.6 is 0 Å². The first-order chi connectivity index (χ1) is 27.8. The van der Waals surface area contributed by atoms with Gasteiger partial charge in [0.05, 0.1) is 5.52 Å². The Morgan fingerprint density at radius 1 is 0.737 bits per heavy atom. The summed E-state index contributed by atoms with van der Waals surface area (Å²) in [6.07, 6.45) is 22.7. The van der Waals surface area contributed by atoms with Crippen molar-refractivity contribution >= 4 is 39.2 Å². The summed E-state index contributed by atoms with van der Waals surface area (Å²) in [5, 5.41) is 2.23. The van der Waals surface area contributed by atoms with Crippen LogP contribution in [0.5, 0.6) is 0 Å². The molecule has 0 N–H and O–H groups in total. The Morgan fingerprint density at radius 3 is 2.33 bits per heavy atom. The molecule has 0 fully saturated rings. The lowest BCUT2D eigenvalue weighted by Gasteiger charge is -2.31. The van der Waals surface area contributed by atoms with Gasteiger partial charge in [-0.25, -0.2) is 0 Å². The molecule has 2 unspecified atom stereocenters. The molecule has 3 heteroatoms. The van der Waals surface area contributed by atoms with Gasteiger partial charge in [-0.2, -0.15) is 0 Å². The van der Waals surface area contributed by atoms with Gasteiger partial charge in [-0.3, -0.25) is 4.98 Å². The lowest BCUT2D eigenvalue weighted by atomic mass is 9.85. The lowest BCUT2D eigenvalue weighted by Crippen LogP contribution is -2.22. The normalized spacial score (nSPS) is 17.2. The van der Waals surface area contributed by atoms with Gasteiger partial charge in [0.1, 0.15) is 11.3 Å². The second-order valence-electron chi connectivity index (χ2n) is 15.5. The fourth-order valence-corrected chi connectivity index (χ4v) is 7.98. The van der Waals surface area contributed by atoms with Crippen LogP contribution in [-0.2, 0) is 0 Å². The Hall–Kier alpha value is -6.45. The number of allylic oxidation sites excluding steroid dienone is 10. The number of rotatable bonds is 13. The molecular formula is C54H50N2O. The molecule has 2 aliphatic carbocycles. The van der Waals surface area contributed by atoms with E-state index in [1.54, 1.807) is 0 Å². The standard InChI is InChI=1S/C54H50N2O/c1-37(17-18-40(4)54-36-48-14-9-10-16-53(48)57-54)38(2)19-20-41(5)56(50-31-27-43(28-32-50)47-24-22-45-15-11-33-55-52(45)35-47)49-29-25-42(26-30-49)46-23-21-44-13-8-6-7-12-39(3)51(44)34-46/h6-11,13-16,21-25,27-36,39,42H,1-2,4-5,12,17-20,26H2,3H3/b7-6+,13-8-. The summed E-state index contributed by atoms with van der Waals surface area (Å²) in [6.45, 7) is 20.2. The molecule has 2 aromatic heterocycles. The number of fused-ring (bicyclic) bond motifs is 3. The maximum atomic E-state index is 6.06. The van der Waals surface area contributed by atoms with E-state index < -0.39 is 0 Å². The molecule has 6 aromatic rings. The van der Waals surface area contributed by atoms with Crippen molar-refractivity contribution in [3.8, 4) is 11.1 Å². The Morgan fingerprint density at radius 2 is 1.53 bits per heavy atom. The zero-order valence-corrected chi connectivity index (χ0v) is 33.0. The summed E-state index contributed by atoms with van der Waals surface area (Å²) >= 11 is 0. The van der Waals surface area contributed by atoms with Gasteiger partial charge in [-0.05, 0) is 120 Å². The second kappa shape index (κ2) is 16.7. The van der Waals surface area contributed by atoms with Crippen molar-refractivity contribution in [2.45, 2.75) is 57.3 Å². The van der Waals surface area contributed by atoms with Gasteiger partial charge < -0.3 is 9.32 Å². The van der Waals surface area contributed by atoms with Crippen molar-refractivity contribution in [3.05, 3.63) is 217 Å². The quantitative estimate of drug-likeness (QED) is 0.110. The van der Waals surface area contributed by atoms with Crippen LogP contribution in [0.1, 0.15) is 79.7 Å². The first-order valence-corrected chi connectivity index (χ1v) is 20.1. The van der Waals surface area contributed by atoms with Crippen molar-refractivity contribution < 1.29 is 4.42 Å². The third-order valence-corrected chi connectivity index (χ3v) is 11.5. The second-order valence-corrected chi connectivity index (χ2v) is 15.5. The number of hydrogen-bond donors (Lipinski definition) is 0. The minimum absolute atomic E-state index is 0.313. The van der Waals surface area contributed by atoms with Gasteiger partial charge in [0, 0.05) is 40.0 Å². The van der Waals surface area contributed by atoms with E-state index in [1.807, 2.05) is 30.5 Å². The molecule has 0 saturated carbocycles. The van der Waals surface area contributed by atoms with E-state index in [1.165, 1.54) is 16.7 Å². The first-order valence-electron chi connectivity index (χ1n) is 20.1. The summed E-state index contributed by atoms with van der Waals surface area (Å²) in [5.74, 6) is 1.63. The molecule has 0 bridgehead atoms. The van der Waals surface area contributed by atoms with E-state index in [0.717, 1.165) is 111 Å². The smallest absolute Gasteiger partial charge is 0.134 e. The maximum Gasteiger partial charge on any atom is 0.134 e. The van der Waals surface area contributed by atoms with Crippen LogP contribution in [-0.4, -0.2) is 4.98 Å². The highest BCUT2D eigenvalue weighted by Gasteiger charge is 2.21. The summed E-state index contributed by atoms with van der Waals surface area (Å²) in [7, 11) is 0. The molecule has 2 aliphatic rings. The minimum atomic E-state index is 0.313. The third kappa shape index (κ3) is 8.39. The molecule has 282 valence electrons. The average Bonchev–Trinajstić information content (AvgIpc) is 3.69. The average molecular weight is 743 g/mol. The highest BCUT2D eigenvalue weighted by atomic mass is 16.3. The van der Waals surface area contributed by atoms with Crippen molar-refractivity contribution in [2.75, 3.05) is 4.90 Å². The highest BCUT2D eigenvalue weighted by Crippen LogP contribution is 2.37. The number of nitrogens with zero attached hydrogens (tertiary/aromatic N) is 2. The van der Waals surface area contributed by atoms with Crippen LogP contribution in [0.4, 0.5) is 5.69 Å². The molecule has 0 amide bonds. The van der Waals surface area contributed by atoms with Gasteiger partial charge in [-0.15, -0.1) is 0 Å². The molecule has 0 radical (unpaired) electrons. The zero-order chi connectivity index (χ0) is 39.3. The van der Waals surface area contributed by atoms with Crippen LogP contribution < -0.4 is 4.90 Å². The van der Waals surface area contributed by atoms with Crippen LogP contribution in [0.25, 0.3) is 44.6 Å². The van der Waals surface area contributed by atoms with Gasteiger partial charge in [0.15, 0.2) is 0 Å². The molecule has 4 aromatic carbocycles. The largest absolute Gasteiger partial charge is 0.456 e. The van der Waals surface area contributed by atoms with Crippen molar-refractivity contribution in [3.63, 3.8) is 0 Å². The Kier molecular flexibility index (Phi) is 11.0. The first kappa shape index (κ1) is 37.5. The molecule has 3 nitrogen and oxygen atoms in total. The van der Waals surface area contributed by atoms with Crippen molar-refractivity contribution in [1.29, 1.82) is 0 Å². The predicted octanol–water partition coefficient (Wildman–Crippen LogP) is 15.1.